The second kappa shape index (κ2) is 4.59. The van der Waals surface area contributed by atoms with Crippen molar-refractivity contribution in [2.24, 2.45) is 0 Å². The van der Waals surface area contributed by atoms with E-state index in [4.69, 9.17) is 21.1 Å². The number of ether oxygens (including phenoxy) is 2. The summed E-state index contributed by atoms with van der Waals surface area (Å²) in [6.45, 7) is 0. The maximum absolute atomic E-state index is 12.3. The summed E-state index contributed by atoms with van der Waals surface area (Å²) in [5.41, 5.74) is 1.33. The molecular formula is C15H11ClO3. The van der Waals surface area contributed by atoms with Gasteiger partial charge in [-0.05, 0) is 6.07 Å². The molecular weight excluding hydrogens is 264 g/mol. The average molecular weight is 275 g/mol. The Morgan fingerprint density at radius 3 is 2.63 bits per heavy atom. The number of halogens is 1. The van der Waals surface area contributed by atoms with Crippen LogP contribution in [0.1, 0.15) is 22.0 Å². The molecule has 3 rings (SSSR count). The molecule has 0 aromatic heterocycles. The highest BCUT2D eigenvalue weighted by Gasteiger charge is 2.34. The molecule has 0 saturated carbocycles. The Morgan fingerprint density at radius 2 is 1.95 bits per heavy atom. The van der Waals surface area contributed by atoms with E-state index in [1.165, 1.54) is 7.11 Å². The predicted molar refractivity (Wildman–Crippen MR) is 72.1 cm³/mol. The van der Waals surface area contributed by atoms with E-state index >= 15 is 0 Å². The first-order valence-electron chi connectivity index (χ1n) is 5.84. The van der Waals surface area contributed by atoms with Crippen LogP contribution in [0, 0.1) is 0 Å². The lowest BCUT2D eigenvalue weighted by Crippen LogP contribution is -2.10. The van der Waals surface area contributed by atoms with E-state index < -0.39 is 6.10 Å². The second-order valence-electron chi connectivity index (χ2n) is 4.26. The van der Waals surface area contributed by atoms with Gasteiger partial charge in [-0.15, -0.1) is 0 Å². The molecule has 0 saturated heterocycles. The van der Waals surface area contributed by atoms with Gasteiger partial charge in [0.15, 0.2) is 6.10 Å². The van der Waals surface area contributed by atoms with Gasteiger partial charge in [0.1, 0.15) is 11.5 Å². The van der Waals surface area contributed by atoms with Crippen molar-refractivity contribution in [3.05, 3.63) is 58.6 Å². The first-order valence-corrected chi connectivity index (χ1v) is 6.22. The highest BCUT2D eigenvalue weighted by atomic mass is 35.5. The molecule has 0 aliphatic carbocycles. The van der Waals surface area contributed by atoms with Crippen molar-refractivity contribution in [1.82, 2.24) is 0 Å². The molecule has 4 heteroatoms. The van der Waals surface area contributed by atoms with Crippen LogP contribution < -0.4 is 9.47 Å². The Kier molecular flexibility index (Phi) is 2.91. The van der Waals surface area contributed by atoms with Crippen LogP contribution in [0.15, 0.2) is 42.5 Å². The van der Waals surface area contributed by atoms with Crippen LogP contribution >= 0.6 is 11.6 Å². The summed E-state index contributed by atoms with van der Waals surface area (Å²) in [6.07, 6.45) is -0.598. The summed E-state index contributed by atoms with van der Waals surface area (Å²) in [5, 5.41) is 0.409. The average Bonchev–Trinajstić information content (AvgIpc) is 2.76. The minimum Gasteiger partial charge on any atom is -0.495 e. The molecule has 2 aromatic rings. The third-order valence-electron chi connectivity index (χ3n) is 3.10. The molecule has 3 nitrogen and oxygen atoms in total. The highest BCUT2D eigenvalue weighted by molar-refractivity contribution is 6.32. The van der Waals surface area contributed by atoms with Gasteiger partial charge in [-0.3, -0.25) is 4.79 Å². The maximum atomic E-state index is 12.3. The first-order chi connectivity index (χ1) is 9.20. The summed E-state index contributed by atoms with van der Waals surface area (Å²) in [6, 6.07) is 12.6. The van der Waals surface area contributed by atoms with Gasteiger partial charge >= 0.3 is 0 Å². The normalized spacial score (nSPS) is 16.9. The van der Waals surface area contributed by atoms with Gasteiger partial charge in [0.05, 0.1) is 17.7 Å². The molecule has 0 amide bonds. The number of rotatable bonds is 2. The number of hydrogen-bond acceptors (Lipinski definition) is 3. The van der Waals surface area contributed by atoms with Crippen LogP contribution in [-0.4, -0.2) is 12.9 Å². The lowest BCUT2D eigenvalue weighted by Gasteiger charge is -2.09. The molecule has 0 N–H and O–H groups in total. The van der Waals surface area contributed by atoms with E-state index in [0.717, 1.165) is 5.56 Å². The number of methoxy groups -OCH3 is 1. The molecule has 2 aromatic carbocycles. The Balaban J connectivity index is 2.02. The lowest BCUT2D eigenvalue weighted by molar-refractivity contribution is 0.0858. The Hall–Kier alpha value is -2.00. The van der Waals surface area contributed by atoms with E-state index in [2.05, 4.69) is 0 Å². The Morgan fingerprint density at radius 1 is 1.21 bits per heavy atom. The standard InChI is InChI=1S/C15H11ClO3/c1-18-13-8-12-10(7-11(13)16)14(17)15(19-12)9-5-3-2-4-6-9/h2-8,15H,1H3. The summed E-state index contributed by atoms with van der Waals surface area (Å²) in [5.74, 6) is 0.938. The maximum Gasteiger partial charge on any atom is 0.211 e. The van der Waals surface area contributed by atoms with Crippen LogP contribution in [0.2, 0.25) is 5.02 Å². The molecule has 96 valence electrons. The van der Waals surface area contributed by atoms with E-state index in [-0.39, 0.29) is 5.78 Å². The fourth-order valence-electron chi connectivity index (χ4n) is 2.15. The van der Waals surface area contributed by atoms with Gasteiger partial charge in [-0.1, -0.05) is 41.9 Å². The van der Waals surface area contributed by atoms with Crippen molar-refractivity contribution in [3.63, 3.8) is 0 Å². The van der Waals surface area contributed by atoms with Crippen molar-refractivity contribution in [2.75, 3.05) is 7.11 Å². The van der Waals surface area contributed by atoms with E-state index in [1.54, 1.807) is 12.1 Å². The number of carbonyl (C=O) groups excluding carboxylic acids is 1. The van der Waals surface area contributed by atoms with Crippen molar-refractivity contribution in [3.8, 4) is 11.5 Å². The third-order valence-corrected chi connectivity index (χ3v) is 3.40. The molecule has 0 radical (unpaired) electrons. The SMILES string of the molecule is COc1cc2c(cc1Cl)C(=O)C(c1ccccc1)O2. The number of carbonyl (C=O) groups is 1. The van der Waals surface area contributed by atoms with Crippen LogP contribution in [-0.2, 0) is 0 Å². The van der Waals surface area contributed by atoms with Crippen LogP contribution in [0.3, 0.4) is 0 Å². The molecule has 1 unspecified atom stereocenters. The molecule has 1 heterocycles. The largest absolute Gasteiger partial charge is 0.495 e. The third kappa shape index (κ3) is 1.96. The van der Waals surface area contributed by atoms with Crippen molar-refractivity contribution < 1.29 is 14.3 Å². The molecule has 1 aliphatic rings. The van der Waals surface area contributed by atoms with Gasteiger partial charge in [-0.25, -0.2) is 0 Å². The monoisotopic (exact) mass is 274 g/mol. The van der Waals surface area contributed by atoms with Crippen LogP contribution in [0.25, 0.3) is 0 Å². The van der Waals surface area contributed by atoms with Gasteiger partial charge in [0.2, 0.25) is 5.78 Å². The number of ketones is 1. The zero-order chi connectivity index (χ0) is 13.4. The molecule has 0 spiro atoms. The fraction of sp³-hybridized carbons (Fsp3) is 0.133. The Labute approximate surface area is 115 Å². The van der Waals surface area contributed by atoms with E-state index in [9.17, 15) is 4.79 Å². The fourth-order valence-corrected chi connectivity index (χ4v) is 2.39. The zero-order valence-corrected chi connectivity index (χ0v) is 11.0. The summed E-state index contributed by atoms with van der Waals surface area (Å²) >= 11 is 6.03. The number of hydrogen-bond donors (Lipinski definition) is 0. The molecule has 0 fully saturated rings. The predicted octanol–water partition coefficient (Wildman–Crippen LogP) is 3.67. The highest BCUT2D eigenvalue weighted by Crippen LogP contribution is 2.41. The van der Waals surface area contributed by atoms with Crippen molar-refractivity contribution in [1.29, 1.82) is 0 Å². The number of Topliss-reactive ketones (excluding diaryl/α,β-unsaturated/α-hetero) is 1. The quantitative estimate of drug-likeness (QED) is 0.838. The molecule has 19 heavy (non-hydrogen) atoms. The lowest BCUT2D eigenvalue weighted by atomic mass is 10.0. The molecule has 1 atom stereocenters. The number of benzene rings is 2. The summed E-state index contributed by atoms with van der Waals surface area (Å²) in [7, 11) is 1.53. The second-order valence-corrected chi connectivity index (χ2v) is 4.66. The zero-order valence-electron chi connectivity index (χ0n) is 10.2. The van der Waals surface area contributed by atoms with Gasteiger partial charge in [0, 0.05) is 11.6 Å². The minimum absolute atomic E-state index is 0.0780. The first kappa shape index (κ1) is 12.1. The Bertz CT molecular complexity index is 637. The summed E-state index contributed by atoms with van der Waals surface area (Å²) in [4.78, 5) is 12.3. The topological polar surface area (TPSA) is 35.5 Å². The van der Waals surface area contributed by atoms with Gasteiger partial charge in [0.25, 0.3) is 0 Å². The van der Waals surface area contributed by atoms with Crippen molar-refractivity contribution in [2.45, 2.75) is 6.10 Å². The van der Waals surface area contributed by atoms with E-state index in [0.29, 0.717) is 22.1 Å². The number of fused-ring (bicyclic) bond motifs is 1. The van der Waals surface area contributed by atoms with Crippen LogP contribution in [0.5, 0.6) is 11.5 Å². The van der Waals surface area contributed by atoms with Crippen LogP contribution in [0.4, 0.5) is 0 Å². The smallest absolute Gasteiger partial charge is 0.211 e. The van der Waals surface area contributed by atoms with E-state index in [1.807, 2.05) is 30.3 Å². The summed E-state index contributed by atoms with van der Waals surface area (Å²) < 4.78 is 10.8. The van der Waals surface area contributed by atoms with Crippen molar-refractivity contribution >= 4 is 17.4 Å². The minimum atomic E-state index is -0.598. The molecule has 0 bridgehead atoms. The van der Waals surface area contributed by atoms with Gasteiger partial charge in [-0.2, -0.15) is 0 Å². The van der Waals surface area contributed by atoms with Gasteiger partial charge < -0.3 is 9.47 Å². The molecule has 1 aliphatic heterocycles.